The van der Waals surface area contributed by atoms with Crippen LogP contribution in [0.5, 0.6) is 11.5 Å². The number of hydrogen-bond acceptors (Lipinski definition) is 5. The molecule has 1 heterocycles. The fraction of sp³-hybridized carbons (Fsp3) is 0.158. The Labute approximate surface area is 150 Å². The Morgan fingerprint density at radius 3 is 2.52 bits per heavy atom. The minimum Gasteiger partial charge on any atom is -0.493 e. The van der Waals surface area contributed by atoms with Crippen LogP contribution in [0.3, 0.4) is 0 Å². The Morgan fingerprint density at radius 1 is 1.08 bits per heavy atom. The largest absolute Gasteiger partial charge is 0.493 e. The number of imide groups is 1. The zero-order valence-corrected chi connectivity index (χ0v) is 14.7. The van der Waals surface area contributed by atoms with E-state index in [1.165, 1.54) is 4.90 Å². The van der Waals surface area contributed by atoms with E-state index in [1.54, 1.807) is 49.6 Å². The Bertz CT molecular complexity index is 833. The SMILES string of the molecule is CCOc1cc(/C=C2\SC(=O)N(c3ccccc3)C2=O)ccc1OC. The summed E-state index contributed by atoms with van der Waals surface area (Å²) in [6.45, 7) is 2.39. The predicted molar refractivity (Wildman–Crippen MR) is 99.1 cm³/mol. The lowest BCUT2D eigenvalue weighted by molar-refractivity contribution is -0.113. The van der Waals surface area contributed by atoms with Crippen LogP contribution in [0.4, 0.5) is 10.5 Å². The Morgan fingerprint density at radius 2 is 1.84 bits per heavy atom. The van der Waals surface area contributed by atoms with Gasteiger partial charge in [-0.2, -0.15) is 0 Å². The molecule has 0 spiro atoms. The number of nitrogens with zero attached hydrogens (tertiary/aromatic N) is 1. The van der Waals surface area contributed by atoms with Crippen molar-refractivity contribution < 1.29 is 19.1 Å². The number of amides is 2. The van der Waals surface area contributed by atoms with Crippen molar-refractivity contribution in [3.05, 3.63) is 59.0 Å². The molecule has 1 aliphatic heterocycles. The highest BCUT2D eigenvalue weighted by atomic mass is 32.2. The van der Waals surface area contributed by atoms with Crippen molar-refractivity contribution in [3.8, 4) is 11.5 Å². The molecule has 3 rings (SSSR count). The third-order valence-corrected chi connectivity index (χ3v) is 4.46. The second kappa shape index (κ2) is 7.44. The maximum Gasteiger partial charge on any atom is 0.298 e. The molecule has 1 fully saturated rings. The number of carbonyl (C=O) groups is 2. The lowest BCUT2D eigenvalue weighted by atomic mass is 10.2. The van der Waals surface area contributed by atoms with E-state index in [-0.39, 0.29) is 11.1 Å². The summed E-state index contributed by atoms with van der Waals surface area (Å²) in [5.74, 6) is 0.896. The van der Waals surface area contributed by atoms with Gasteiger partial charge in [-0.1, -0.05) is 24.3 Å². The number of anilines is 1. The molecule has 128 valence electrons. The van der Waals surface area contributed by atoms with E-state index >= 15 is 0 Å². The molecule has 0 aliphatic carbocycles. The zero-order valence-electron chi connectivity index (χ0n) is 13.9. The molecule has 0 radical (unpaired) electrons. The lowest BCUT2D eigenvalue weighted by Crippen LogP contribution is -2.27. The Kier molecular flexibility index (Phi) is 5.09. The van der Waals surface area contributed by atoms with Crippen LogP contribution in [-0.2, 0) is 4.79 Å². The van der Waals surface area contributed by atoms with Crippen molar-refractivity contribution in [1.82, 2.24) is 0 Å². The summed E-state index contributed by atoms with van der Waals surface area (Å²) in [7, 11) is 1.57. The second-order valence-corrected chi connectivity index (χ2v) is 6.19. The molecule has 25 heavy (non-hydrogen) atoms. The smallest absolute Gasteiger partial charge is 0.298 e. The van der Waals surface area contributed by atoms with Crippen molar-refractivity contribution in [1.29, 1.82) is 0 Å². The maximum absolute atomic E-state index is 12.6. The van der Waals surface area contributed by atoms with Crippen LogP contribution in [0.2, 0.25) is 0 Å². The van der Waals surface area contributed by atoms with Crippen LogP contribution < -0.4 is 14.4 Å². The average molecular weight is 355 g/mol. The van der Waals surface area contributed by atoms with Crippen LogP contribution >= 0.6 is 11.8 Å². The first-order chi connectivity index (χ1) is 12.1. The molecule has 0 unspecified atom stereocenters. The van der Waals surface area contributed by atoms with Gasteiger partial charge in [0, 0.05) is 0 Å². The van der Waals surface area contributed by atoms with Gasteiger partial charge in [0.1, 0.15) is 0 Å². The molecule has 1 saturated heterocycles. The number of ether oxygens (including phenoxy) is 2. The first kappa shape index (κ1) is 17.1. The monoisotopic (exact) mass is 355 g/mol. The van der Waals surface area contributed by atoms with Crippen LogP contribution in [0.15, 0.2) is 53.4 Å². The average Bonchev–Trinajstić information content (AvgIpc) is 2.90. The standard InChI is InChI=1S/C19H17NO4S/c1-3-24-16-11-13(9-10-15(16)23-2)12-17-18(21)20(19(22)25-17)14-7-5-4-6-8-14/h4-12H,3H2,1-2H3/b17-12-. The molecule has 2 aromatic carbocycles. The van der Waals surface area contributed by atoms with Gasteiger partial charge in [0.05, 0.1) is 24.3 Å². The third kappa shape index (κ3) is 3.53. The summed E-state index contributed by atoms with van der Waals surface area (Å²) in [6, 6.07) is 14.3. The van der Waals surface area contributed by atoms with Gasteiger partial charge in [-0.3, -0.25) is 9.59 Å². The topological polar surface area (TPSA) is 55.8 Å². The quantitative estimate of drug-likeness (QED) is 0.747. The molecular formula is C19H17NO4S. The minimum absolute atomic E-state index is 0.305. The molecule has 0 aromatic heterocycles. The van der Waals surface area contributed by atoms with E-state index in [0.29, 0.717) is 28.7 Å². The molecule has 1 aliphatic rings. The van der Waals surface area contributed by atoms with E-state index in [0.717, 1.165) is 17.3 Å². The van der Waals surface area contributed by atoms with E-state index in [9.17, 15) is 9.59 Å². The highest BCUT2D eigenvalue weighted by Crippen LogP contribution is 2.36. The second-order valence-electron chi connectivity index (χ2n) is 5.20. The first-order valence-electron chi connectivity index (χ1n) is 7.78. The zero-order chi connectivity index (χ0) is 17.8. The number of thioether (sulfide) groups is 1. The molecule has 6 heteroatoms. The van der Waals surface area contributed by atoms with E-state index < -0.39 is 0 Å². The summed E-state index contributed by atoms with van der Waals surface area (Å²) >= 11 is 0.927. The molecule has 0 atom stereocenters. The summed E-state index contributed by atoms with van der Waals surface area (Å²) in [5.41, 5.74) is 1.33. The van der Waals surface area contributed by atoms with Crippen LogP contribution in [0.25, 0.3) is 6.08 Å². The molecule has 2 aromatic rings. The summed E-state index contributed by atoms with van der Waals surface area (Å²) in [5, 5.41) is -0.305. The van der Waals surface area contributed by atoms with Crippen molar-refractivity contribution in [2.75, 3.05) is 18.6 Å². The van der Waals surface area contributed by atoms with Crippen LogP contribution in [0.1, 0.15) is 12.5 Å². The number of hydrogen-bond donors (Lipinski definition) is 0. The fourth-order valence-corrected chi connectivity index (χ4v) is 3.31. The third-order valence-electron chi connectivity index (χ3n) is 3.59. The van der Waals surface area contributed by atoms with Crippen molar-refractivity contribution in [2.24, 2.45) is 0 Å². The number of carbonyl (C=O) groups excluding carboxylic acids is 2. The van der Waals surface area contributed by atoms with Crippen LogP contribution in [0, 0.1) is 0 Å². The van der Waals surface area contributed by atoms with Gasteiger partial charge in [0.15, 0.2) is 11.5 Å². The molecular weight excluding hydrogens is 338 g/mol. The molecule has 0 bridgehead atoms. The van der Waals surface area contributed by atoms with Crippen molar-refractivity contribution >= 4 is 34.7 Å². The normalized spacial score (nSPS) is 15.8. The lowest BCUT2D eigenvalue weighted by Gasteiger charge is -2.11. The van der Waals surface area contributed by atoms with E-state index in [1.807, 2.05) is 19.1 Å². The Hall–Kier alpha value is -2.73. The highest BCUT2D eigenvalue weighted by molar-refractivity contribution is 8.19. The summed E-state index contributed by atoms with van der Waals surface area (Å²) < 4.78 is 10.8. The first-order valence-corrected chi connectivity index (χ1v) is 8.59. The van der Waals surface area contributed by atoms with Gasteiger partial charge in [-0.25, -0.2) is 4.90 Å². The number of benzene rings is 2. The van der Waals surface area contributed by atoms with Crippen molar-refractivity contribution in [3.63, 3.8) is 0 Å². The molecule has 0 N–H and O–H groups in total. The summed E-state index contributed by atoms with van der Waals surface area (Å²) in [4.78, 5) is 26.4. The molecule has 0 saturated carbocycles. The van der Waals surface area contributed by atoms with Crippen LogP contribution in [-0.4, -0.2) is 24.9 Å². The molecule has 5 nitrogen and oxygen atoms in total. The van der Waals surface area contributed by atoms with Gasteiger partial charge >= 0.3 is 0 Å². The number of methoxy groups -OCH3 is 1. The van der Waals surface area contributed by atoms with Gasteiger partial charge in [0.25, 0.3) is 11.1 Å². The minimum atomic E-state index is -0.324. The number of rotatable bonds is 5. The van der Waals surface area contributed by atoms with Crippen molar-refractivity contribution in [2.45, 2.75) is 6.92 Å². The van der Waals surface area contributed by atoms with Gasteiger partial charge in [-0.05, 0) is 54.6 Å². The Balaban J connectivity index is 1.91. The molecule has 2 amide bonds. The van der Waals surface area contributed by atoms with E-state index in [4.69, 9.17) is 9.47 Å². The highest BCUT2D eigenvalue weighted by Gasteiger charge is 2.36. The fourth-order valence-electron chi connectivity index (χ4n) is 2.47. The maximum atomic E-state index is 12.6. The van der Waals surface area contributed by atoms with Gasteiger partial charge in [0.2, 0.25) is 0 Å². The van der Waals surface area contributed by atoms with Gasteiger partial charge in [-0.15, -0.1) is 0 Å². The van der Waals surface area contributed by atoms with E-state index in [2.05, 4.69) is 0 Å². The number of para-hydroxylation sites is 1. The predicted octanol–water partition coefficient (Wildman–Crippen LogP) is 4.33. The van der Waals surface area contributed by atoms with Gasteiger partial charge < -0.3 is 9.47 Å². The summed E-state index contributed by atoms with van der Waals surface area (Å²) in [6.07, 6.45) is 1.69.